The highest BCUT2D eigenvalue weighted by Gasteiger charge is 2.17. The number of benzene rings is 2. The van der Waals surface area contributed by atoms with Gasteiger partial charge in [-0.3, -0.25) is 20.4 Å². The average Bonchev–Trinajstić information content (AvgIpc) is 3.23. The van der Waals surface area contributed by atoms with Gasteiger partial charge in [0.05, 0.1) is 15.9 Å². The average molecular weight is 417 g/mol. The third-order valence-electron chi connectivity index (χ3n) is 3.72. The normalized spacial score (nSPS) is 11.6. The van der Waals surface area contributed by atoms with E-state index in [2.05, 4.69) is 10.9 Å². The summed E-state index contributed by atoms with van der Waals surface area (Å²) in [4.78, 5) is 24.6. The molecule has 1 aromatic heterocycles. The van der Waals surface area contributed by atoms with E-state index in [0.29, 0.717) is 9.90 Å². The Morgan fingerprint density at radius 2 is 1.63 bits per heavy atom. The predicted molar refractivity (Wildman–Crippen MR) is 112 cm³/mol. The van der Waals surface area contributed by atoms with Crippen LogP contribution < -0.4 is 10.9 Å². The molecule has 3 rings (SSSR count). The quantitative estimate of drug-likeness (QED) is 0.573. The molecule has 27 heavy (non-hydrogen) atoms. The molecule has 2 amide bonds. The van der Waals surface area contributed by atoms with Gasteiger partial charge in [-0.2, -0.15) is 0 Å². The van der Waals surface area contributed by atoms with Crippen molar-refractivity contribution in [2.24, 2.45) is 0 Å². The Morgan fingerprint density at radius 3 is 2.30 bits per heavy atom. The molecule has 3 aromatic rings. The maximum Gasteiger partial charge on any atom is 0.279 e. The van der Waals surface area contributed by atoms with Crippen LogP contribution in [0.4, 0.5) is 0 Å². The SMILES string of the molecule is O=C(CS[C@@H](c1ccccc1)c1ccc(Cl)cc1)NNC(=O)c1cccs1. The van der Waals surface area contributed by atoms with E-state index < -0.39 is 0 Å². The number of hydrogen-bond donors (Lipinski definition) is 2. The zero-order chi connectivity index (χ0) is 19.1. The number of thioether (sulfide) groups is 1. The molecule has 4 nitrogen and oxygen atoms in total. The van der Waals surface area contributed by atoms with Crippen molar-refractivity contribution in [3.05, 3.63) is 93.1 Å². The minimum atomic E-state index is -0.319. The second-order valence-electron chi connectivity index (χ2n) is 5.63. The molecule has 2 N–H and O–H groups in total. The van der Waals surface area contributed by atoms with Crippen LogP contribution in [0.1, 0.15) is 26.0 Å². The Kier molecular flexibility index (Phi) is 6.92. The lowest BCUT2D eigenvalue weighted by Gasteiger charge is -2.18. The molecule has 0 bridgehead atoms. The first-order chi connectivity index (χ1) is 13.1. The van der Waals surface area contributed by atoms with Crippen LogP contribution >= 0.6 is 34.7 Å². The van der Waals surface area contributed by atoms with Crippen molar-refractivity contribution in [3.8, 4) is 0 Å². The molecule has 0 unspecified atom stereocenters. The smallest absolute Gasteiger partial charge is 0.272 e. The Balaban J connectivity index is 1.61. The number of hydrazine groups is 1. The van der Waals surface area contributed by atoms with Crippen LogP contribution in [0, 0.1) is 0 Å². The lowest BCUT2D eigenvalue weighted by atomic mass is 10.0. The maximum absolute atomic E-state index is 12.2. The van der Waals surface area contributed by atoms with Crippen molar-refractivity contribution < 1.29 is 9.59 Å². The van der Waals surface area contributed by atoms with Gasteiger partial charge < -0.3 is 0 Å². The number of rotatable bonds is 6. The monoisotopic (exact) mass is 416 g/mol. The van der Waals surface area contributed by atoms with Crippen LogP contribution in [-0.4, -0.2) is 17.6 Å². The minimum absolute atomic E-state index is 0.0118. The minimum Gasteiger partial charge on any atom is -0.272 e. The fraction of sp³-hybridized carbons (Fsp3) is 0.100. The zero-order valence-electron chi connectivity index (χ0n) is 14.2. The van der Waals surface area contributed by atoms with Crippen LogP contribution in [0.3, 0.4) is 0 Å². The second-order valence-corrected chi connectivity index (χ2v) is 8.11. The molecule has 1 atom stereocenters. The molecule has 0 aliphatic heterocycles. The number of halogens is 1. The highest BCUT2D eigenvalue weighted by molar-refractivity contribution is 8.00. The summed E-state index contributed by atoms with van der Waals surface area (Å²) in [6, 6.07) is 21.1. The summed E-state index contributed by atoms with van der Waals surface area (Å²) in [5.74, 6) is -0.382. The number of carbonyl (C=O) groups is 2. The molecular formula is C20H17ClN2O2S2. The van der Waals surface area contributed by atoms with Gasteiger partial charge in [0.2, 0.25) is 5.91 Å². The number of thiophene rings is 1. The highest BCUT2D eigenvalue weighted by atomic mass is 35.5. The van der Waals surface area contributed by atoms with Gasteiger partial charge in [-0.25, -0.2) is 0 Å². The second kappa shape index (κ2) is 9.60. The molecule has 7 heteroatoms. The van der Waals surface area contributed by atoms with E-state index in [0.717, 1.165) is 11.1 Å². The Labute approximate surface area is 170 Å². The van der Waals surface area contributed by atoms with E-state index in [1.165, 1.54) is 23.1 Å². The maximum atomic E-state index is 12.2. The molecule has 138 valence electrons. The van der Waals surface area contributed by atoms with E-state index in [1.807, 2.05) is 60.0 Å². The van der Waals surface area contributed by atoms with Gasteiger partial charge in [-0.1, -0.05) is 60.1 Å². The molecule has 1 heterocycles. The Morgan fingerprint density at radius 1 is 0.926 bits per heavy atom. The number of hydrogen-bond acceptors (Lipinski definition) is 4. The van der Waals surface area contributed by atoms with Crippen molar-refractivity contribution in [2.75, 3.05) is 5.75 Å². The molecule has 0 aliphatic carbocycles. The summed E-state index contributed by atoms with van der Waals surface area (Å²) in [6.07, 6.45) is 0. The summed E-state index contributed by atoms with van der Waals surface area (Å²) in [7, 11) is 0. The number of nitrogens with one attached hydrogen (secondary N) is 2. The summed E-state index contributed by atoms with van der Waals surface area (Å²) in [6.45, 7) is 0. The van der Waals surface area contributed by atoms with Crippen LogP contribution in [0.15, 0.2) is 72.1 Å². The summed E-state index contributed by atoms with van der Waals surface area (Å²) in [5.41, 5.74) is 7.06. The van der Waals surface area contributed by atoms with Gasteiger partial charge in [0, 0.05) is 5.02 Å². The molecule has 0 fully saturated rings. The molecule has 0 radical (unpaired) electrons. The van der Waals surface area contributed by atoms with Crippen LogP contribution in [0.2, 0.25) is 5.02 Å². The third kappa shape index (κ3) is 5.60. The predicted octanol–water partition coefficient (Wildman–Crippen LogP) is 4.69. The molecular weight excluding hydrogens is 400 g/mol. The first-order valence-electron chi connectivity index (χ1n) is 8.18. The Hall–Kier alpha value is -2.28. The largest absolute Gasteiger partial charge is 0.279 e. The van der Waals surface area contributed by atoms with E-state index in [1.54, 1.807) is 12.1 Å². The van der Waals surface area contributed by atoms with E-state index in [4.69, 9.17) is 11.6 Å². The molecule has 0 saturated carbocycles. The lowest BCUT2D eigenvalue weighted by Crippen LogP contribution is -2.42. The van der Waals surface area contributed by atoms with Gasteiger partial charge in [0.15, 0.2) is 0 Å². The highest BCUT2D eigenvalue weighted by Crippen LogP contribution is 2.35. The fourth-order valence-electron chi connectivity index (χ4n) is 2.44. The standard InChI is InChI=1S/C20H17ClN2O2S2/c21-16-10-8-15(9-11-16)19(14-5-2-1-3-6-14)27-13-18(24)22-23-20(25)17-7-4-12-26-17/h1-12,19H,13H2,(H,22,24)(H,23,25)/t19-/m0/s1. The first-order valence-corrected chi connectivity index (χ1v) is 10.5. The number of carbonyl (C=O) groups excluding carboxylic acids is 2. The van der Waals surface area contributed by atoms with Gasteiger partial charge in [0.25, 0.3) is 5.91 Å². The van der Waals surface area contributed by atoms with Crippen molar-refractivity contribution in [1.82, 2.24) is 10.9 Å². The van der Waals surface area contributed by atoms with Crippen LogP contribution in [0.5, 0.6) is 0 Å². The summed E-state index contributed by atoms with van der Waals surface area (Å²) < 4.78 is 0. The Bertz CT molecular complexity index is 884. The topological polar surface area (TPSA) is 58.2 Å². The third-order valence-corrected chi connectivity index (χ3v) is 6.14. The van der Waals surface area contributed by atoms with Crippen molar-refractivity contribution >= 4 is 46.5 Å². The van der Waals surface area contributed by atoms with Crippen molar-refractivity contribution in [1.29, 1.82) is 0 Å². The molecule has 0 saturated heterocycles. The molecule has 0 aliphatic rings. The van der Waals surface area contributed by atoms with E-state index >= 15 is 0 Å². The molecule has 0 spiro atoms. The van der Waals surface area contributed by atoms with Crippen LogP contribution in [0.25, 0.3) is 0 Å². The molecule has 2 aromatic carbocycles. The van der Waals surface area contributed by atoms with Crippen molar-refractivity contribution in [3.63, 3.8) is 0 Å². The van der Waals surface area contributed by atoms with Gasteiger partial charge >= 0.3 is 0 Å². The number of amides is 2. The van der Waals surface area contributed by atoms with E-state index in [-0.39, 0.29) is 22.8 Å². The van der Waals surface area contributed by atoms with Crippen LogP contribution in [-0.2, 0) is 4.79 Å². The van der Waals surface area contributed by atoms with Crippen molar-refractivity contribution in [2.45, 2.75) is 5.25 Å². The summed E-state index contributed by atoms with van der Waals surface area (Å²) in [5, 5.41) is 2.47. The zero-order valence-corrected chi connectivity index (χ0v) is 16.6. The van der Waals surface area contributed by atoms with E-state index in [9.17, 15) is 9.59 Å². The first kappa shape index (κ1) is 19.5. The lowest BCUT2D eigenvalue weighted by molar-refractivity contribution is -0.119. The summed E-state index contributed by atoms with van der Waals surface area (Å²) >= 11 is 8.80. The van der Waals surface area contributed by atoms with Gasteiger partial charge in [-0.15, -0.1) is 23.1 Å². The van der Waals surface area contributed by atoms with Gasteiger partial charge in [-0.05, 0) is 34.7 Å². The van der Waals surface area contributed by atoms with Gasteiger partial charge in [0.1, 0.15) is 0 Å². The fourth-order valence-corrected chi connectivity index (χ4v) is 4.28.